The Balaban J connectivity index is 1.54. The van der Waals surface area contributed by atoms with Crippen molar-refractivity contribution in [3.63, 3.8) is 0 Å². The minimum Gasteiger partial charge on any atom is -0.392 e. The van der Waals surface area contributed by atoms with Gasteiger partial charge in [0.15, 0.2) is 0 Å². The Hall–Kier alpha value is -3.03. The van der Waals surface area contributed by atoms with Gasteiger partial charge in [-0.25, -0.2) is 0 Å². The van der Waals surface area contributed by atoms with Gasteiger partial charge in [0.1, 0.15) is 5.54 Å². The van der Waals surface area contributed by atoms with Crippen LogP contribution in [0.3, 0.4) is 0 Å². The number of fused-ring (bicyclic) bond motifs is 4. The molecule has 7 heteroatoms. The third-order valence-electron chi connectivity index (χ3n) is 6.64. The number of likely N-dealkylation sites (tertiary alicyclic amines) is 1. The molecule has 2 saturated heterocycles. The summed E-state index contributed by atoms with van der Waals surface area (Å²) in [5.74, 6) is -2.71. The van der Waals surface area contributed by atoms with E-state index >= 15 is 0 Å². The van der Waals surface area contributed by atoms with E-state index in [0.29, 0.717) is 17.7 Å². The van der Waals surface area contributed by atoms with E-state index in [1.807, 2.05) is 42.5 Å². The van der Waals surface area contributed by atoms with Crippen molar-refractivity contribution in [1.29, 1.82) is 0 Å². The van der Waals surface area contributed by atoms with Crippen LogP contribution in [0.1, 0.15) is 18.1 Å². The number of imide groups is 1. The largest absolute Gasteiger partial charge is 0.392 e. The van der Waals surface area contributed by atoms with Crippen molar-refractivity contribution in [2.24, 2.45) is 11.8 Å². The van der Waals surface area contributed by atoms with Gasteiger partial charge in [0.25, 0.3) is 0 Å². The second-order valence-electron chi connectivity index (χ2n) is 8.29. The number of amides is 3. The lowest BCUT2D eigenvalue weighted by molar-refractivity contribution is -0.143. The molecule has 2 fully saturated rings. The summed E-state index contributed by atoms with van der Waals surface area (Å²) < 4.78 is 0. The van der Waals surface area contributed by atoms with Crippen molar-refractivity contribution in [2.75, 3.05) is 11.9 Å². The predicted octanol–water partition coefficient (Wildman–Crippen LogP) is 1.03. The zero-order valence-corrected chi connectivity index (χ0v) is 16.5. The lowest BCUT2D eigenvalue weighted by atomic mass is 9.76. The number of hydrogen-bond donors (Lipinski definition) is 3. The van der Waals surface area contributed by atoms with Crippen LogP contribution in [0.4, 0.5) is 5.69 Å². The molecule has 3 amide bonds. The number of nitrogens with one attached hydrogen (secondary N) is 2. The lowest BCUT2D eigenvalue weighted by Gasteiger charge is -2.30. The van der Waals surface area contributed by atoms with Gasteiger partial charge in [0, 0.05) is 23.8 Å². The van der Waals surface area contributed by atoms with E-state index in [4.69, 9.17) is 0 Å². The van der Waals surface area contributed by atoms with Crippen molar-refractivity contribution in [3.8, 4) is 0 Å². The number of nitrogens with zero attached hydrogens (tertiary/aromatic N) is 1. The average Bonchev–Trinajstić information content (AvgIpc) is 3.33. The molecule has 0 radical (unpaired) electrons. The zero-order chi connectivity index (χ0) is 21.0. The van der Waals surface area contributed by atoms with E-state index in [9.17, 15) is 19.5 Å². The van der Waals surface area contributed by atoms with Crippen LogP contribution in [0.25, 0.3) is 0 Å². The van der Waals surface area contributed by atoms with Crippen LogP contribution in [0, 0.1) is 11.8 Å². The van der Waals surface area contributed by atoms with Crippen molar-refractivity contribution < 1.29 is 19.5 Å². The number of benzene rings is 2. The molecule has 3 aliphatic heterocycles. The summed E-state index contributed by atoms with van der Waals surface area (Å²) in [7, 11) is 0. The molecule has 30 heavy (non-hydrogen) atoms. The minimum atomic E-state index is -1.35. The van der Waals surface area contributed by atoms with Crippen molar-refractivity contribution >= 4 is 23.4 Å². The first-order valence-corrected chi connectivity index (χ1v) is 10.2. The fourth-order valence-electron chi connectivity index (χ4n) is 5.27. The first-order valence-electron chi connectivity index (χ1n) is 10.2. The van der Waals surface area contributed by atoms with Gasteiger partial charge in [-0.2, -0.15) is 0 Å². The molecule has 0 aromatic heterocycles. The SMILES string of the molecule is C[C@H](O)[C@H]1N[C@]2(C(=O)Nc3ccccc32)[C@@H]2C(=O)N(CCc3ccccc3)C(=O)[C@@H]12. The first kappa shape index (κ1) is 19.0. The maximum atomic E-state index is 13.5. The molecule has 5 atom stereocenters. The molecule has 0 bridgehead atoms. The lowest BCUT2D eigenvalue weighted by Crippen LogP contribution is -2.54. The molecule has 5 rings (SSSR count). The van der Waals surface area contributed by atoms with Gasteiger partial charge in [0.2, 0.25) is 17.7 Å². The van der Waals surface area contributed by atoms with Gasteiger partial charge < -0.3 is 10.4 Å². The van der Waals surface area contributed by atoms with Gasteiger partial charge in [-0.15, -0.1) is 0 Å². The van der Waals surface area contributed by atoms with Gasteiger partial charge >= 0.3 is 0 Å². The average molecular weight is 405 g/mol. The molecule has 3 heterocycles. The monoisotopic (exact) mass is 405 g/mol. The summed E-state index contributed by atoms with van der Waals surface area (Å²) in [5, 5.41) is 16.4. The number of aliphatic hydroxyl groups excluding tert-OH is 1. The number of carbonyl (C=O) groups excluding carboxylic acids is 3. The van der Waals surface area contributed by atoms with Crippen LogP contribution in [0.2, 0.25) is 0 Å². The van der Waals surface area contributed by atoms with Crippen molar-refractivity contribution in [3.05, 3.63) is 65.7 Å². The standard InChI is InChI=1S/C23H23N3O4/c1-13(27)19-17-18(23(25-19)15-9-5-6-10-16(15)24-22(23)30)21(29)26(20(17)28)12-11-14-7-3-2-4-8-14/h2-10,13,17-19,25,27H,11-12H2,1H3,(H,24,30)/t13-,17+,18-,19+,23-/m0/s1. The molecule has 7 nitrogen and oxygen atoms in total. The molecular weight excluding hydrogens is 382 g/mol. The van der Waals surface area contributed by atoms with Gasteiger partial charge in [0.05, 0.1) is 17.9 Å². The highest BCUT2D eigenvalue weighted by Crippen LogP contribution is 2.53. The number of rotatable bonds is 4. The smallest absolute Gasteiger partial charge is 0.250 e. The van der Waals surface area contributed by atoms with Crippen molar-refractivity contribution in [2.45, 2.75) is 31.0 Å². The Labute approximate surface area is 174 Å². The highest BCUT2D eigenvalue weighted by atomic mass is 16.3. The number of hydrogen-bond acceptors (Lipinski definition) is 5. The third kappa shape index (κ3) is 2.49. The third-order valence-corrected chi connectivity index (χ3v) is 6.64. The number of carbonyl (C=O) groups is 3. The van der Waals surface area contributed by atoms with Crippen LogP contribution in [0.15, 0.2) is 54.6 Å². The summed E-state index contributed by atoms with van der Waals surface area (Å²) in [6.07, 6.45) is -0.358. The first-order chi connectivity index (χ1) is 14.4. The topological polar surface area (TPSA) is 98.7 Å². The molecule has 3 aliphatic rings. The van der Waals surface area contributed by atoms with E-state index in [0.717, 1.165) is 5.56 Å². The molecule has 1 spiro atoms. The van der Waals surface area contributed by atoms with Crippen LogP contribution in [-0.2, 0) is 26.3 Å². The number of aliphatic hydroxyl groups is 1. The Morgan fingerprint density at radius 2 is 1.73 bits per heavy atom. The summed E-state index contributed by atoms with van der Waals surface area (Å²) in [5.41, 5.74) is 0.957. The van der Waals surface area contributed by atoms with Crippen LogP contribution < -0.4 is 10.6 Å². The fraction of sp³-hybridized carbons (Fsp3) is 0.348. The van der Waals surface area contributed by atoms with Crippen molar-refractivity contribution in [1.82, 2.24) is 10.2 Å². The van der Waals surface area contributed by atoms with Gasteiger partial charge in [-0.05, 0) is 25.0 Å². The molecule has 0 saturated carbocycles. The van der Waals surface area contributed by atoms with Crippen LogP contribution in [0.5, 0.6) is 0 Å². The Morgan fingerprint density at radius 1 is 1.03 bits per heavy atom. The molecule has 2 aromatic carbocycles. The van der Waals surface area contributed by atoms with Crippen LogP contribution >= 0.6 is 0 Å². The quantitative estimate of drug-likeness (QED) is 0.660. The summed E-state index contributed by atoms with van der Waals surface area (Å²) >= 11 is 0. The number of anilines is 1. The normalized spacial score (nSPS) is 30.5. The highest BCUT2D eigenvalue weighted by Gasteiger charge is 2.70. The van der Waals surface area contributed by atoms with Gasteiger partial charge in [-0.3, -0.25) is 24.6 Å². The molecular formula is C23H23N3O4. The maximum Gasteiger partial charge on any atom is 0.250 e. The van der Waals surface area contributed by atoms with Crippen LogP contribution in [-0.4, -0.2) is 46.4 Å². The fourth-order valence-corrected chi connectivity index (χ4v) is 5.27. The van der Waals surface area contributed by atoms with E-state index in [1.54, 1.807) is 19.1 Å². The van der Waals surface area contributed by atoms with E-state index in [-0.39, 0.29) is 24.3 Å². The minimum absolute atomic E-state index is 0.251. The zero-order valence-electron chi connectivity index (χ0n) is 16.5. The Bertz CT molecular complexity index is 1040. The second-order valence-corrected chi connectivity index (χ2v) is 8.29. The predicted molar refractivity (Wildman–Crippen MR) is 109 cm³/mol. The molecule has 2 aromatic rings. The second kappa shape index (κ2) is 6.75. The molecule has 154 valence electrons. The Morgan fingerprint density at radius 3 is 2.47 bits per heavy atom. The molecule has 3 N–H and O–H groups in total. The number of para-hydroxylation sites is 1. The van der Waals surface area contributed by atoms with Gasteiger partial charge in [-0.1, -0.05) is 48.5 Å². The Kier molecular flexibility index (Phi) is 4.27. The van der Waals surface area contributed by atoms with E-state index < -0.39 is 29.5 Å². The van der Waals surface area contributed by atoms with E-state index in [1.165, 1.54) is 4.90 Å². The highest BCUT2D eigenvalue weighted by molar-refractivity contribution is 6.15. The summed E-state index contributed by atoms with van der Waals surface area (Å²) in [6.45, 7) is 1.83. The summed E-state index contributed by atoms with van der Waals surface area (Å²) in [4.78, 5) is 41.3. The molecule has 0 unspecified atom stereocenters. The maximum absolute atomic E-state index is 13.5. The van der Waals surface area contributed by atoms with E-state index in [2.05, 4.69) is 10.6 Å². The summed E-state index contributed by atoms with van der Waals surface area (Å²) in [6, 6.07) is 16.2. The molecule has 0 aliphatic carbocycles.